The normalized spacial score (nSPS) is 36.9. The van der Waals surface area contributed by atoms with Gasteiger partial charge in [0, 0.05) is 25.7 Å². The standard InChI is InChI=1S/C12H21N3O/c1-14-12(10-13)4-3-11(9-12)15-5-2-7-16-8-6-15/h11,14H,2-9H2,1H3. The molecule has 0 aromatic heterocycles. The molecule has 0 aromatic rings. The van der Waals surface area contributed by atoms with Crippen molar-refractivity contribution in [3.05, 3.63) is 0 Å². The van der Waals surface area contributed by atoms with Crippen LogP contribution in [0.25, 0.3) is 0 Å². The van der Waals surface area contributed by atoms with E-state index in [1.807, 2.05) is 7.05 Å². The van der Waals surface area contributed by atoms with Gasteiger partial charge in [-0.3, -0.25) is 4.90 Å². The number of hydrogen-bond donors (Lipinski definition) is 1. The van der Waals surface area contributed by atoms with Gasteiger partial charge in [-0.2, -0.15) is 5.26 Å². The summed E-state index contributed by atoms with van der Waals surface area (Å²) in [5, 5.41) is 12.4. The SMILES string of the molecule is CNC1(C#N)CCC(N2CCCOCC2)C1. The monoisotopic (exact) mass is 223 g/mol. The van der Waals surface area contributed by atoms with E-state index in [4.69, 9.17) is 4.74 Å². The molecule has 2 aliphatic rings. The number of nitriles is 1. The van der Waals surface area contributed by atoms with Gasteiger partial charge >= 0.3 is 0 Å². The molecule has 2 fully saturated rings. The van der Waals surface area contributed by atoms with Crippen molar-refractivity contribution in [3.8, 4) is 6.07 Å². The average Bonchev–Trinajstić information content (AvgIpc) is 2.57. The first-order chi connectivity index (χ1) is 7.79. The van der Waals surface area contributed by atoms with Crippen LogP contribution in [0.15, 0.2) is 0 Å². The molecule has 1 heterocycles. The zero-order valence-corrected chi connectivity index (χ0v) is 10.0. The molecule has 2 unspecified atom stereocenters. The molecule has 1 saturated carbocycles. The maximum Gasteiger partial charge on any atom is 0.108 e. The molecule has 1 N–H and O–H groups in total. The van der Waals surface area contributed by atoms with E-state index in [0.717, 1.165) is 52.0 Å². The molecule has 2 rings (SSSR count). The van der Waals surface area contributed by atoms with E-state index in [1.165, 1.54) is 0 Å². The third kappa shape index (κ3) is 2.37. The van der Waals surface area contributed by atoms with Crippen LogP contribution < -0.4 is 5.32 Å². The molecule has 4 heteroatoms. The number of hydrogen-bond acceptors (Lipinski definition) is 4. The first-order valence-corrected chi connectivity index (χ1v) is 6.22. The lowest BCUT2D eigenvalue weighted by Gasteiger charge is -2.28. The van der Waals surface area contributed by atoms with Crippen LogP contribution in [0.4, 0.5) is 0 Å². The number of rotatable bonds is 2. The van der Waals surface area contributed by atoms with Crippen molar-refractivity contribution in [2.45, 2.75) is 37.3 Å². The molecule has 1 saturated heterocycles. The molecule has 1 aliphatic heterocycles. The Balaban J connectivity index is 1.94. The molecule has 0 radical (unpaired) electrons. The quantitative estimate of drug-likeness (QED) is 0.750. The summed E-state index contributed by atoms with van der Waals surface area (Å²) in [6, 6.07) is 3.01. The van der Waals surface area contributed by atoms with Crippen LogP contribution in [0.3, 0.4) is 0 Å². The second kappa shape index (κ2) is 5.13. The predicted octanol–water partition coefficient (Wildman–Crippen LogP) is 0.743. The Hall–Kier alpha value is -0.630. The first kappa shape index (κ1) is 11.8. The van der Waals surface area contributed by atoms with Crippen molar-refractivity contribution in [2.24, 2.45) is 0 Å². The van der Waals surface area contributed by atoms with E-state index in [1.54, 1.807) is 0 Å². The summed E-state index contributed by atoms with van der Waals surface area (Å²) in [6.07, 6.45) is 4.19. The smallest absolute Gasteiger partial charge is 0.108 e. The molecular formula is C12H21N3O. The van der Waals surface area contributed by atoms with E-state index in [0.29, 0.717) is 6.04 Å². The Morgan fingerprint density at radius 2 is 2.31 bits per heavy atom. The van der Waals surface area contributed by atoms with Gasteiger partial charge in [0.25, 0.3) is 0 Å². The highest BCUT2D eigenvalue weighted by atomic mass is 16.5. The lowest BCUT2D eigenvalue weighted by molar-refractivity contribution is 0.131. The van der Waals surface area contributed by atoms with Gasteiger partial charge in [-0.25, -0.2) is 0 Å². The minimum absolute atomic E-state index is 0.280. The Morgan fingerprint density at radius 1 is 1.44 bits per heavy atom. The third-order valence-electron chi connectivity index (χ3n) is 3.95. The van der Waals surface area contributed by atoms with E-state index in [9.17, 15) is 5.26 Å². The number of nitrogens with zero attached hydrogens (tertiary/aromatic N) is 2. The van der Waals surface area contributed by atoms with Crippen LogP contribution in [0.2, 0.25) is 0 Å². The second-order valence-corrected chi connectivity index (χ2v) is 4.84. The van der Waals surface area contributed by atoms with Crippen LogP contribution in [-0.4, -0.2) is 49.8 Å². The van der Waals surface area contributed by atoms with Crippen molar-refractivity contribution >= 4 is 0 Å². The van der Waals surface area contributed by atoms with E-state index in [2.05, 4.69) is 16.3 Å². The van der Waals surface area contributed by atoms with Crippen LogP contribution in [0, 0.1) is 11.3 Å². The van der Waals surface area contributed by atoms with E-state index < -0.39 is 0 Å². The van der Waals surface area contributed by atoms with Crippen molar-refractivity contribution in [3.63, 3.8) is 0 Å². The van der Waals surface area contributed by atoms with E-state index >= 15 is 0 Å². The van der Waals surface area contributed by atoms with Gasteiger partial charge in [0.2, 0.25) is 0 Å². The molecule has 90 valence electrons. The molecule has 0 bridgehead atoms. The van der Waals surface area contributed by atoms with Crippen LogP contribution in [0.1, 0.15) is 25.7 Å². The maximum atomic E-state index is 9.23. The number of nitrogens with one attached hydrogen (secondary N) is 1. The summed E-state index contributed by atoms with van der Waals surface area (Å²) in [5.74, 6) is 0. The van der Waals surface area contributed by atoms with Crippen molar-refractivity contribution in [2.75, 3.05) is 33.4 Å². The van der Waals surface area contributed by atoms with E-state index in [-0.39, 0.29) is 5.54 Å². The van der Waals surface area contributed by atoms with Crippen molar-refractivity contribution < 1.29 is 4.74 Å². The molecule has 0 amide bonds. The lowest BCUT2D eigenvalue weighted by Crippen LogP contribution is -2.42. The van der Waals surface area contributed by atoms with Gasteiger partial charge < -0.3 is 10.1 Å². The fourth-order valence-electron chi connectivity index (χ4n) is 2.85. The fourth-order valence-corrected chi connectivity index (χ4v) is 2.85. The molecule has 0 spiro atoms. The topological polar surface area (TPSA) is 48.3 Å². The van der Waals surface area contributed by atoms with Crippen molar-refractivity contribution in [1.82, 2.24) is 10.2 Å². The zero-order valence-electron chi connectivity index (χ0n) is 10.0. The summed E-state index contributed by atoms with van der Waals surface area (Å²) in [7, 11) is 1.90. The predicted molar refractivity (Wildman–Crippen MR) is 62.1 cm³/mol. The lowest BCUT2D eigenvalue weighted by atomic mass is 10.00. The highest BCUT2D eigenvalue weighted by molar-refractivity contribution is 5.12. The largest absolute Gasteiger partial charge is 0.380 e. The summed E-state index contributed by atoms with van der Waals surface area (Å²) >= 11 is 0. The van der Waals surface area contributed by atoms with Crippen molar-refractivity contribution in [1.29, 1.82) is 5.26 Å². The third-order valence-corrected chi connectivity index (χ3v) is 3.95. The minimum atomic E-state index is -0.280. The Kier molecular flexibility index (Phi) is 3.80. The summed E-state index contributed by atoms with van der Waals surface area (Å²) in [5.41, 5.74) is -0.280. The molecule has 0 aromatic carbocycles. The molecule has 1 aliphatic carbocycles. The van der Waals surface area contributed by atoms with Gasteiger partial charge in [0.1, 0.15) is 5.54 Å². The minimum Gasteiger partial charge on any atom is -0.380 e. The van der Waals surface area contributed by atoms with Gasteiger partial charge in [-0.05, 0) is 32.7 Å². The van der Waals surface area contributed by atoms with Gasteiger partial charge in [-0.15, -0.1) is 0 Å². The van der Waals surface area contributed by atoms with Crippen LogP contribution in [-0.2, 0) is 4.74 Å². The summed E-state index contributed by atoms with van der Waals surface area (Å²) < 4.78 is 5.47. The van der Waals surface area contributed by atoms with Gasteiger partial charge in [0.15, 0.2) is 0 Å². The fraction of sp³-hybridized carbons (Fsp3) is 0.917. The molecular weight excluding hydrogens is 202 g/mol. The molecule has 4 nitrogen and oxygen atoms in total. The van der Waals surface area contributed by atoms with Gasteiger partial charge in [0.05, 0.1) is 12.7 Å². The van der Waals surface area contributed by atoms with Crippen LogP contribution >= 0.6 is 0 Å². The Morgan fingerprint density at radius 3 is 3.00 bits per heavy atom. The average molecular weight is 223 g/mol. The Labute approximate surface area is 97.6 Å². The number of ether oxygens (including phenoxy) is 1. The maximum absolute atomic E-state index is 9.23. The highest BCUT2D eigenvalue weighted by Crippen LogP contribution is 2.32. The van der Waals surface area contributed by atoms with Gasteiger partial charge in [-0.1, -0.05) is 0 Å². The zero-order chi connectivity index (χ0) is 11.4. The summed E-state index contributed by atoms with van der Waals surface area (Å²) in [4.78, 5) is 2.50. The second-order valence-electron chi connectivity index (χ2n) is 4.84. The summed E-state index contributed by atoms with van der Waals surface area (Å²) in [6.45, 7) is 3.88. The highest BCUT2D eigenvalue weighted by Gasteiger charge is 2.40. The Bertz CT molecular complexity index is 268. The molecule has 2 atom stereocenters. The van der Waals surface area contributed by atoms with Crippen LogP contribution in [0.5, 0.6) is 0 Å². The first-order valence-electron chi connectivity index (χ1n) is 6.22. The molecule has 16 heavy (non-hydrogen) atoms.